The molecule has 0 saturated carbocycles. The lowest BCUT2D eigenvalue weighted by Gasteiger charge is -2.23. The lowest BCUT2D eigenvalue weighted by atomic mass is 10.1. The number of rotatable bonds is 5. The Balaban J connectivity index is 1.41. The predicted molar refractivity (Wildman–Crippen MR) is 107 cm³/mol. The number of pyridine rings is 1. The van der Waals surface area contributed by atoms with Crippen LogP contribution < -0.4 is 10.9 Å². The van der Waals surface area contributed by atoms with Crippen LogP contribution >= 0.6 is 0 Å². The maximum absolute atomic E-state index is 12.8. The smallest absolute Gasteiger partial charge is 0.251 e. The summed E-state index contributed by atoms with van der Waals surface area (Å²) in [5.74, 6) is 0.536. The highest BCUT2D eigenvalue weighted by Crippen LogP contribution is 2.21. The summed E-state index contributed by atoms with van der Waals surface area (Å²) in [6.45, 7) is 2.27. The molecule has 29 heavy (non-hydrogen) atoms. The number of para-hydroxylation sites is 1. The van der Waals surface area contributed by atoms with E-state index in [2.05, 4.69) is 15.5 Å². The summed E-state index contributed by atoms with van der Waals surface area (Å²) in [5, 5.41) is 7.39. The van der Waals surface area contributed by atoms with Gasteiger partial charge in [-0.1, -0.05) is 23.4 Å². The van der Waals surface area contributed by atoms with Crippen LogP contribution in [0.3, 0.4) is 0 Å². The molecule has 8 heteroatoms. The maximum Gasteiger partial charge on any atom is 0.251 e. The molecule has 2 aromatic heterocycles. The molecule has 150 valence electrons. The lowest BCUT2D eigenvalue weighted by Crippen LogP contribution is -2.43. The Bertz CT molecular complexity index is 1120. The van der Waals surface area contributed by atoms with Crippen molar-refractivity contribution in [2.24, 2.45) is 0 Å². The van der Waals surface area contributed by atoms with Crippen molar-refractivity contribution in [2.45, 2.75) is 38.6 Å². The molecule has 1 aromatic carbocycles. The third-order valence-corrected chi connectivity index (χ3v) is 5.19. The van der Waals surface area contributed by atoms with Gasteiger partial charge in [0.05, 0.1) is 0 Å². The van der Waals surface area contributed by atoms with Crippen molar-refractivity contribution in [3.05, 3.63) is 58.1 Å². The molecule has 0 aliphatic carbocycles. The number of likely N-dealkylation sites (tertiary alicyclic amines) is 1. The summed E-state index contributed by atoms with van der Waals surface area (Å²) in [6.07, 6.45) is 1.86. The molecule has 1 atom stereocenters. The first-order chi connectivity index (χ1) is 14.0. The number of amides is 2. The van der Waals surface area contributed by atoms with Crippen molar-refractivity contribution in [3.8, 4) is 0 Å². The maximum atomic E-state index is 12.8. The Hall–Kier alpha value is -3.42. The van der Waals surface area contributed by atoms with Crippen LogP contribution in [0.2, 0.25) is 0 Å². The molecule has 4 rings (SSSR count). The molecule has 3 aromatic rings. The van der Waals surface area contributed by atoms with Crippen molar-refractivity contribution >= 4 is 28.5 Å². The van der Waals surface area contributed by atoms with Crippen LogP contribution in [0.4, 0.5) is 5.82 Å². The van der Waals surface area contributed by atoms with Gasteiger partial charge in [-0.15, -0.1) is 0 Å². The number of aromatic nitrogens is 2. The molecule has 1 saturated heterocycles. The minimum Gasteiger partial charge on any atom is -0.360 e. The van der Waals surface area contributed by atoms with Gasteiger partial charge in [-0.25, -0.2) is 0 Å². The number of benzene rings is 1. The molecule has 0 bridgehead atoms. The van der Waals surface area contributed by atoms with Crippen LogP contribution in [0, 0.1) is 6.92 Å². The number of nitrogens with one attached hydrogen (secondary N) is 2. The van der Waals surface area contributed by atoms with Crippen LogP contribution in [0.15, 0.2) is 45.7 Å². The third-order valence-electron chi connectivity index (χ3n) is 5.19. The highest BCUT2D eigenvalue weighted by Gasteiger charge is 2.34. The minimum absolute atomic E-state index is 0.133. The van der Waals surface area contributed by atoms with Crippen LogP contribution in [0.25, 0.3) is 10.9 Å². The fourth-order valence-corrected chi connectivity index (χ4v) is 3.74. The van der Waals surface area contributed by atoms with Gasteiger partial charge in [0.1, 0.15) is 11.8 Å². The standard InChI is InChI=1S/C21H22N4O4/c1-13-11-18(24-29-13)23-21(28)17-7-4-10-25(17)19(26)9-8-15-12-14-5-2-3-6-16(14)22-20(15)27/h2-3,5-6,11-12,17H,4,7-10H2,1H3,(H,22,27)(H,23,24,28)/t17-/m0/s1. The summed E-state index contributed by atoms with van der Waals surface area (Å²) in [6, 6.07) is 10.4. The second-order valence-corrected chi connectivity index (χ2v) is 7.27. The van der Waals surface area contributed by atoms with E-state index in [1.54, 1.807) is 17.9 Å². The minimum atomic E-state index is -0.533. The average molecular weight is 394 g/mol. The fourth-order valence-electron chi connectivity index (χ4n) is 3.74. The molecule has 2 amide bonds. The molecular weight excluding hydrogens is 372 g/mol. The SMILES string of the molecule is Cc1cc(NC(=O)[C@@H]2CCCN2C(=O)CCc2cc3ccccc3[nH]c2=O)no1. The van der Waals surface area contributed by atoms with Crippen molar-refractivity contribution in [2.75, 3.05) is 11.9 Å². The number of carbonyl (C=O) groups is 2. The van der Waals surface area contributed by atoms with E-state index in [0.717, 1.165) is 17.3 Å². The molecule has 0 unspecified atom stereocenters. The van der Waals surface area contributed by atoms with Gasteiger partial charge in [0.25, 0.3) is 5.56 Å². The first-order valence-electron chi connectivity index (χ1n) is 9.66. The van der Waals surface area contributed by atoms with Gasteiger partial charge in [-0.2, -0.15) is 0 Å². The van der Waals surface area contributed by atoms with Gasteiger partial charge in [-0.05, 0) is 43.7 Å². The topological polar surface area (TPSA) is 108 Å². The van der Waals surface area contributed by atoms with Crippen LogP contribution in [-0.4, -0.2) is 39.4 Å². The van der Waals surface area contributed by atoms with Crippen LogP contribution in [-0.2, 0) is 16.0 Å². The van der Waals surface area contributed by atoms with E-state index in [9.17, 15) is 14.4 Å². The van der Waals surface area contributed by atoms with Crippen LogP contribution in [0.5, 0.6) is 0 Å². The van der Waals surface area contributed by atoms with Crippen LogP contribution in [0.1, 0.15) is 30.6 Å². The molecule has 1 aliphatic heterocycles. The molecule has 2 N–H and O–H groups in total. The molecule has 1 fully saturated rings. The highest BCUT2D eigenvalue weighted by atomic mass is 16.5. The molecule has 3 heterocycles. The third kappa shape index (κ3) is 4.06. The first-order valence-corrected chi connectivity index (χ1v) is 9.66. The number of aromatic amines is 1. The Kier molecular flexibility index (Phi) is 5.16. The molecule has 0 radical (unpaired) electrons. The number of hydrogen-bond acceptors (Lipinski definition) is 5. The highest BCUT2D eigenvalue weighted by molar-refractivity contribution is 5.97. The van der Waals surface area contributed by atoms with E-state index in [0.29, 0.717) is 36.5 Å². The quantitative estimate of drug-likeness (QED) is 0.691. The molecule has 1 aliphatic rings. The van der Waals surface area contributed by atoms with E-state index in [4.69, 9.17) is 4.52 Å². The molecule has 0 spiro atoms. The summed E-state index contributed by atoms with van der Waals surface area (Å²) < 4.78 is 4.95. The number of H-pyrrole nitrogens is 1. The normalized spacial score (nSPS) is 16.3. The fraction of sp³-hybridized carbons (Fsp3) is 0.333. The second kappa shape index (κ2) is 7.90. The van der Waals surface area contributed by atoms with Gasteiger partial charge >= 0.3 is 0 Å². The number of aryl methyl sites for hydroxylation is 2. The zero-order valence-corrected chi connectivity index (χ0v) is 16.1. The number of nitrogens with zero attached hydrogens (tertiary/aromatic N) is 2. The lowest BCUT2D eigenvalue weighted by molar-refractivity contribution is -0.136. The predicted octanol–water partition coefficient (Wildman–Crippen LogP) is 2.39. The van der Waals surface area contributed by atoms with E-state index in [-0.39, 0.29) is 23.8 Å². The number of anilines is 1. The Labute approximate surface area is 166 Å². The summed E-state index contributed by atoms with van der Waals surface area (Å²) in [7, 11) is 0. The van der Waals surface area contributed by atoms with Crippen molar-refractivity contribution in [1.82, 2.24) is 15.0 Å². The van der Waals surface area contributed by atoms with E-state index < -0.39 is 6.04 Å². The number of carbonyl (C=O) groups excluding carboxylic acids is 2. The van der Waals surface area contributed by atoms with Gasteiger partial charge in [0, 0.05) is 30.1 Å². The van der Waals surface area contributed by atoms with Gasteiger partial charge in [0.15, 0.2) is 5.82 Å². The summed E-state index contributed by atoms with van der Waals surface area (Å²) in [5.41, 5.74) is 1.15. The zero-order chi connectivity index (χ0) is 20.4. The molecular formula is C21H22N4O4. The second-order valence-electron chi connectivity index (χ2n) is 7.27. The Morgan fingerprint density at radius 1 is 1.31 bits per heavy atom. The van der Waals surface area contributed by atoms with Gasteiger partial charge < -0.3 is 19.7 Å². The van der Waals surface area contributed by atoms with Crippen molar-refractivity contribution in [1.29, 1.82) is 0 Å². The van der Waals surface area contributed by atoms with E-state index >= 15 is 0 Å². The molecule has 8 nitrogen and oxygen atoms in total. The zero-order valence-electron chi connectivity index (χ0n) is 16.1. The van der Waals surface area contributed by atoms with E-state index in [1.807, 2.05) is 30.3 Å². The average Bonchev–Trinajstić information content (AvgIpc) is 3.35. The van der Waals surface area contributed by atoms with Gasteiger partial charge in [-0.3, -0.25) is 14.4 Å². The summed E-state index contributed by atoms with van der Waals surface area (Å²) >= 11 is 0. The van der Waals surface area contributed by atoms with Gasteiger partial charge in [0.2, 0.25) is 11.8 Å². The summed E-state index contributed by atoms with van der Waals surface area (Å²) in [4.78, 5) is 42.1. The van der Waals surface area contributed by atoms with Crippen molar-refractivity contribution in [3.63, 3.8) is 0 Å². The number of fused-ring (bicyclic) bond motifs is 1. The Morgan fingerprint density at radius 3 is 2.93 bits per heavy atom. The monoisotopic (exact) mass is 394 g/mol. The largest absolute Gasteiger partial charge is 0.360 e. The van der Waals surface area contributed by atoms with E-state index in [1.165, 1.54) is 0 Å². The first kappa shape index (κ1) is 18.9. The van der Waals surface area contributed by atoms with Crippen molar-refractivity contribution < 1.29 is 14.1 Å². The Morgan fingerprint density at radius 2 is 2.14 bits per heavy atom. The number of hydrogen-bond donors (Lipinski definition) is 2.